The first-order valence-corrected chi connectivity index (χ1v) is 12.3. The van der Waals surface area contributed by atoms with Gasteiger partial charge in [-0.05, 0) is 54.7 Å². The monoisotopic (exact) mass is 466 g/mol. The van der Waals surface area contributed by atoms with Crippen molar-refractivity contribution in [3.05, 3.63) is 54.1 Å². The van der Waals surface area contributed by atoms with Crippen molar-refractivity contribution < 1.29 is 14.3 Å². The van der Waals surface area contributed by atoms with Crippen LogP contribution >= 0.6 is 11.8 Å². The molecule has 1 aromatic heterocycles. The normalized spacial score (nSPS) is 15.7. The van der Waals surface area contributed by atoms with Crippen LogP contribution in [0.1, 0.15) is 38.2 Å². The molecule has 0 aliphatic carbocycles. The van der Waals surface area contributed by atoms with Crippen molar-refractivity contribution in [2.24, 2.45) is 0 Å². The fraction of sp³-hybridized carbons (Fsp3) is 0.400. The van der Waals surface area contributed by atoms with Gasteiger partial charge in [-0.3, -0.25) is 9.36 Å². The molecule has 3 aromatic rings. The lowest BCUT2D eigenvalue weighted by Crippen LogP contribution is -2.32. The van der Waals surface area contributed by atoms with Crippen LogP contribution in [-0.4, -0.2) is 52.8 Å². The number of thioether (sulfide) groups is 1. The molecule has 0 spiro atoms. The fourth-order valence-corrected chi connectivity index (χ4v) is 4.68. The number of hydrogen-bond donors (Lipinski definition) is 1. The second kappa shape index (κ2) is 10.9. The van der Waals surface area contributed by atoms with Crippen molar-refractivity contribution in [2.75, 3.05) is 26.0 Å². The van der Waals surface area contributed by atoms with Crippen molar-refractivity contribution in [1.82, 2.24) is 20.1 Å². The minimum atomic E-state index is -0.0341. The average Bonchev–Trinajstić information content (AvgIpc) is 3.51. The molecule has 1 atom stereocenters. The number of nitrogens with one attached hydrogen (secondary N) is 1. The molecule has 1 aliphatic rings. The Morgan fingerprint density at radius 2 is 2.00 bits per heavy atom. The third-order valence-corrected chi connectivity index (χ3v) is 6.59. The minimum absolute atomic E-state index is 0.0341. The van der Waals surface area contributed by atoms with Crippen LogP contribution < -0.4 is 10.1 Å². The van der Waals surface area contributed by atoms with Crippen LogP contribution in [0.25, 0.3) is 17.1 Å². The Labute approximate surface area is 198 Å². The molecule has 0 bridgehead atoms. The molecule has 1 unspecified atom stereocenters. The quantitative estimate of drug-likeness (QED) is 0.470. The zero-order valence-corrected chi connectivity index (χ0v) is 20.1. The smallest absolute Gasteiger partial charge is 0.230 e. The van der Waals surface area contributed by atoms with Crippen molar-refractivity contribution in [1.29, 1.82) is 0 Å². The fourth-order valence-electron chi connectivity index (χ4n) is 3.90. The number of methoxy groups -OCH3 is 1. The van der Waals surface area contributed by atoms with E-state index >= 15 is 0 Å². The standard InChI is InChI=1S/C25H30N4O3S/c1-17(2)21-8-4-5-9-22(21)29-24(18-10-12-19(31-3)13-11-18)27-28-25(29)33-16-23(30)26-15-20-7-6-14-32-20/h4-5,8-13,17,20H,6-7,14-16H2,1-3H3,(H,26,30). The highest BCUT2D eigenvalue weighted by atomic mass is 32.2. The third-order valence-electron chi connectivity index (χ3n) is 5.66. The summed E-state index contributed by atoms with van der Waals surface area (Å²) in [5.41, 5.74) is 3.14. The lowest BCUT2D eigenvalue weighted by atomic mass is 10.0. The number of carbonyl (C=O) groups excluding carboxylic acids is 1. The Hall–Kier alpha value is -2.84. The Bertz CT molecular complexity index is 1080. The van der Waals surface area contributed by atoms with E-state index < -0.39 is 0 Å². The number of para-hydroxylation sites is 1. The van der Waals surface area contributed by atoms with E-state index in [0.717, 1.165) is 42.3 Å². The summed E-state index contributed by atoms with van der Waals surface area (Å²) in [6.45, 7) is 5.67. The molecular formula is C25H30N4O3S. The summed E-state index contributed by atoms with van der Waals surface area (Å²) in [6.07, 6.45) is 2.18. The molecule has 1 fully saturated rings. The number of amides is 1. The topological polar surface area (TPSA) is 78.3 Å². The van der Waals surface area contributed by atoms with E-state index in [1.807, 2.05) is 36.4 Å². The summed E-state index contributed by atoms with van der Waals surface area (Å²) in [5.74, 6) is 2.06. The second-order valence-corrected chi connectivity index (χ2v) is 9.25. The highest BCUT2D eigenvalue weighted by molar-refractivity contribution is 7.99. The summed E-state index contributed by atoms with van der Waals surface area (Å²) in [6, 6.07) is 16.0. The van der Waals surface area contributed by atoms with E-state index in [1.54, 1.807) is 7.11 Å². The van der Waals surface area contributed by atoms with Gasteiger partial charge in [-0.25, -0.2) is 0 Å². The van der Waals surface area contributed by atoms with Gasteiger partial charge in [0.25, 0.3) is 0 Å². The second-order valence-electron chi connectivity index (χ2n) is 8.31. The molecule has 0 radical (unpaired) electrons. The number of aromatic nitrogens is 3. The van der Waals surface area contributed by atoms with Crippen LogP contribution in [0.5, 0.6) is 5.75 Å². The number of nitrogens with zero attached hydrogens (tertiary/aromatic N) is 3. The van der Waals surface area contributed by atoms with Crippen LogP contribution in [0.3, 0.4) is 0 Å². The zero-order valence-electron chi connectivity index (χ0n) is 19.3. The van der Waals surface area contributed by atoms with Crippen molar-refractivity contribution in [3.8, 4) is 22.8 Å². The number of benzene rings is 2. The van der Waals surface area contributed by atoms with Gasteiger partial charge in [0.1, 0.15) is 5.75 Å². The summed E-state index contributed by atoms with van der Waals surface area (Å²) < 4.78 is 12.9. The Kier molecular flexibility index (Phi) is 7.67. The summed E-state index contributed by atoms with van der Waals surface area (Å²) in [4.78, 5) is 12.5. The largest absolute Gasteiger partial charge is 0.497 e. The van der Waals surface area contributed by atoms with Crippen molar-refractivity contribution in [2.45, 2.75) is 43.9 Å². The van der Waals surface area contributed by atoms with Crippen LogP contribution in [0.4, 0.5) is 0 Å². The predicted octanol–water partition coefficient (Wildman–Crippen LogP) is 4.45. The van der Waals surface area contributed by atoms with Gasteiger partial charge in [0.15, 0.2) is 11.0 Å². The van der Waals surface area contributed by atoms with Crippen LogP contribution in [0.15, 0.2) is 53.7 Å². The molecule has 2 heterocycles. The lowest BCUT2D eigenvalue weighted by Gasteiger charge is -2.17. The first-order valence-electron chi connectivity index (χ1n) is 11.3. The van der Waals surface area contributed by atoms with Crippen molar-refractivity contribution in [3.63, 3.8) is 0 Å². The number of rotatable bonds is 9. The zero-order chi connectivity index (χ0) is 23.2. The molecule has 174 valence electrons. The summed E-state index contributed by atoms with van der Waals surface area (Å²) in [7, 11) is 1.65. The molecule has 1 N–H and O–H groups in total. The molecule has 1 amide bonds. The SMILES string of the molecule is COc1ccc(-c2nnc(SCC(=O)NCC3CCCO3)n2-c2ccccc2C(C)C)cc1. The van der Waals surface area contributed by atoms with Gasteiger partial charge in [0.05, 0.1) is 24.7 Å². The third kappa shape index (κ3) is 5.57. The Morgan fingerprint density at radius 3 is 2.70 bits per heavy atom. The van der Waals surface area contributed by atoms with E-state index in [0.29, 0.717) is 17.6 Å². The van der Waals surface area contributed by atoms with E-state index in [-0.39, 0.29) is 17.8 Å². The molecule has 4 rings (SSSR count). The highest BCUT2D eigenvalue weighted by Crippen LogP contribution is 2.32. The number of carbonyl (C=O) groups is 1. The molecule has 7 nitrogen and oxygen atoms in total. The predicted molar refractivity (Wildman–Crippen MR) is 130 cm³/mol. The molecule has 8 heteroatoms. The maximum Gasteiger partial charge on any atom is 0.230 e. The molecule has 33 heavy (non-hydrogen) atoms. The van der Waals surface area contributed by atoms with Gasteiger partial charge in [-0.2, -0.15) is 0 Å². The van der Waals surface area contributed by atoms with Gasteiger partial charge in [-0.15, -0.1) is 10.2 Å². The lowest BCUT2D eigenvalue weighted by molar-refractivity contribution is -0.119. The van der Waals surface area contributed by atoms with Gasteiger partial charge in [0, 0.05) is 18.7 Å². The maximum absolute atomic E-state index is 12.5. The van der Waals surface area contributed by atoms with Crippen LogP contribution in [0.2, 0.25) is 0 Å². The Balaban J connectivity index is 1.61. The molecule has 1 saturated heterocycles. The maximum atomic E-state index is 12.5. The van der Waals surface area contributed by atoms with Crippen LogP contribution in [0, 0.1) is 0 Å². The van der Waals surface area contributed by atoms with Gasteiger partial charge >= 0.3 is 0 Å². The molecular weight excluding hydrogens is 436 g/mol. The average molecular weight is 467 g/mol. The molecule has 0 saturated carbocycles. The number of hydrogen-bond acceptors (Lipinski definition) is 6. The highest BCUT2D eigenvalue weighted by Gasteiger charge is 2.21. The van der Waals surface area contributed by atoms with Crippen molar-refractivity contribution >= 4 is 17.7 Å². The minimum Gasteiger partial charge on any atom is -0.497 e. The summed E-state index contributed by atoms with van der Waals surface area (Å²) in [5, 5.41) is 12.6. The Morgan fingerprint density at radius 1 is 1.21 bits per heavy atom. The summed E-state index contributed by atoms with van der Waals surface area (Å²) >= 11 is 1.39. The van der Waals surface area contributed by atoms with Gasteiger partial charge in [-0.1, -0.05) is 43.8 Å². The van der Waals surface area contributed by atoms with E-state index in [4.69, 9.17) is 9.47 Å². The van der Waals surface area contributed by atoms with Crippen LogP contribution in [-0.2, 0) is 9.53 Å². The van der Waals surface area contributed by atoms with Gasteiger partial charge in [0.2, 0.25) is 5.91 Å². The first-order chi connectivity index (χ1) is 16.1. The van der Waals surface area contributed by atoms with E-state index in [9.17, 15) is 4.79 Å². The molecule has 2 aromatic carbocycles. The first kappa shape index (κ1) is 23.3. The van der Waals surface area contributed by atoms with E-state index in [1.165, 1.54) is 17.3 Å². The number of ether oxygens (including phenoxy) is 2. The molecule has 1 aliphatic heterocycles. The van der Waals surface area contributed by atoms with E-state index in [2.05, 4.69) is 46.1 Å². The van der Waals surface area contributed by atoms with Gasteiger partial charge < -0.3 is 14.8 Å².